The Labute approximate surface area is 114 Å². The van der Waals surface area contributed by atoms with Crippen LogP contribution in [0.1, 0.15) is 17.5 Å². The second-order valence-electron chi connectivity index (χ2n) is 4.48. The molecule has 0 saturated carbocycles. The molecule has 1 heterocycles. The molecule has 0 amide bonds. The van der Waals surface area contributed by atoms with Gasteiger partial charge in [0.15, 0.2) is 0 Å². The molecule has 2 nitrogen and oxygen atoms in total. The van der Waals surface area contributed by atoms with Crippen molar-refractivity contribution in [2.75, 3.05) is 23.4 Å². The van der Waals surface area contributed by atoms with Gasteiger partial charge in [-0.3, -0.25) is 0 Å². The maximum Gasteiger partial charge on any atom is 0.417 e. The summed E-state index contributed by atoms with van der Waals surface area (Å²) in [6, 6.07) is 5.33. The Morgan fingerprint density at radius 2 is 2.21 bits per heavy atom. The Bertz CT molecular complexity index is 488. The number of hydrogen-bond donors (Lipinski definition) is 1. The number of nitrogens with one attached hydrogen (secondary N) is 1. The van der Waals surface area contributed by atoms with Gasteiger partial charge in [-0.05, 0) is 42.0 Å². The first-order valence-corrected chi connectivity index (χ1v) is 7.09. The lowest BCUT2D eigenvalue weighted by Gasteiger charge is -2.14. The summed E-state index contributed by atoms with van der Waals surface area (Å²) in [5.41, 5.74) is -0.793. The topological polar surface area (TPSA) is 35.8 Å². The quantitative estimate of drug-likeness (QED) is 0.919. The van der Waals surface area contributed by atoms with Crippen LogP contribution in [0.4, 0.5) is 18.9 Å². The average Bonchev–Trinajstić information content (AvgIpc) is 2.88. The zero-order chi connectivity index (χ0) is 13.9. The van der Waals surface area contributed by atoms with Crippen molar-refractivity contribution in [3.8, 4) is 6.07 Å². The monoisotopic (exact) mass is 286 g/mol. The molecule has 0 bridgehead atoms. The molecule has 0 aromatic heterocycles. The zero-order valence-electron chi connectivity index (χ0n) is 10.1. The molecule has 1 atom stereocenters. The molecule has 1 aliphatic rings. The molecule has 19 heavy (non-hydrogen) atoms. The first kappa shape index (κ1) is 14.1. The van der Waals surface area contributed by atoms with Crippen molar-refractivity contribution in [3.63, 3.8) is 0 Å². The molecule has 1 N–H and O–H groups in total. The second kappa shape index (κ2) is 5.74. The van der Waals surface area contributed by atoms with Crippen molar-refractivity contribution < 1.29 is 13.2 Å². The molecule has 0 spiro atoms. The van der Waals surface area contributed by atoms with Crippen molar-refractivity contribution in [2.24, 2.45) is 5.92 Å². The molecule has 102 valence electrons. The minimum atomic E-state index is -4.49. The molecule has 0 radical (unpaired) electrons. The maximum absolute atomic E-state index is 12.8. The zero-order valence-corrected chi connectivity index (χ0v) is 10.9. The van der Waals surface area contributed by atoms with Crippen LogP contribution in [0.25, 0.3) is 0 Å². The lowest BCUT2D eigenvalue weighted by atomic mass is 10.1. The molecule has 1 aliphatic heterocycles. The smallest absolute Gasteiger partial charge is 0.385 e. The number of rotatable bonds is 3. The highest BCUT2D eigenvalue weighted by molar-refractivity contribution is 7.99. The Kier molecular flexibility index (Phi) is 4.25. The van der Waals surface area contributed by atoms with Gasteiger partial charge in [0.25, 0.3) is 0 Å². The number of nitrogens with zero attached hydrogens (tertiary/aromatic N) is 1. The van der Waals surface area contributed by atoms with E-state index in [9.17, 15) is 13.2 Å². The van der Waals surface area contributed by atoms with Crippen LogP contribution in [0.15, 0.2) is 18.2 Å². The first-order valence-electron chi connectivity index (χ1n) is 5.93. The van der Waals surface area contributed by atoms with E-state index < -0.39 is 11.7 Å². The van der Waals surface area contributed by atoms with Crippen LogP contribution in [-0.2, 0) is 6.18 Å². The van der Waals surface area contributed by atoms with Crippen LogP contribution < -0.4 is 5.32 Å². The summed E-state index contributed by atoms with van der Waals surface area (Å²) in [7, 11) is 0. The van der Waals surface area contributed by atoms with Crippen molar-refractivity contribution in [2.45, 2.75) is 12.6 Å². The number of benzene rings is 1. The summed E-state index contributed by atoms with van der Waals surface area (Å²) in [6.45, 7) is 0.677. The van der Waals surface area contributed by atoms with Crippen molar-refractivity contribution in [3.05, 3.63) is 29.3 Å². The minimum Gasteiger partial charge on any atom is -0.385 e. The van der Waals surface area contributed by atoms with Crippen LogP contribution >= 0.6 is 11.8 Å². The lowest BCUT2D eigenvalue weighted by Crippen LogP contribution is -2.14. The van der Waals surface area contributed by atoms with E-state index in [1.165, 1.54) is 12.1 Å². The molecule has 1 aromatic carbocycles. The van der Waals surface area contributed by atoms with Gasteiger partial charge in [0.1, 0.15) is 0 Å². The molecule has 1 fully saturated rings. The number of halogens is 3. The molecule has 1 aromatic rings. The predicted molar refractivity (Wildman–Crippen MR) is 70.1 cm³/mol. The number of hydrogen-bond acceptors (Lipinski definition) is 3. The van der Waals surface area contributed by atoms with Gasteiger partial charge < -0.3 is 5.32 Å². The summed E-state index contributed by atoms with van der Waals surface area (Å²) in [5.74, 6) is 2.68. The van der Waals surface area contributed by atoms with Gasteiger partial charge in [-0.1, -0.05) is 0 Å². The number of thioether (sulfide) groups is 1. The Hall–Kier alpha value is -1.35. The van der Waals surface area contributed by atoms with Gasteiger partial charge in [-0.2, -0.15) is 30.2 Å². The summed E-state index contributed by atoms with van der Waals surface area (Å²) in [6.07, 6.45) is -3.40. The van der Waals surface area contributed by atoms with Crippen LogP contribution in [0.2, 0.25) is 0 Å². The number of alkyl halides is 3. The Balaban J connectivity index is 2.11. The van der Waals surface area contributed by atoms with Crippen LogP contribution in [0, 0.1) is 17.2 Å². The van der Waals surface area contributed by atoms with Gasteiger partial charge in [-0.15, -0.1) is 0 Å². The van der Waals surface area contributed by atoms with E-state index in [2.05, 4.69) is 5.32 Å². The van der Waals surface area contributed by atoms with Crippen molar-refractivity contribution in [1.29, 1.82) is 5.26 Å². The van der Waals surface area contributed by atoms with Crippen LogP contribution in [0.5, 0.6) is 0 Å². The van der Waals surface area contributed by atoms with Gasteiger partial charge in [0.05, 0.1) is 17.2 Å². The lowest BCUT2D eigenvalue weighted by molar-refractivity contribution is -0.137. The van der Waals surface area contributed by atoms with E-state index in [0.717, 1.165) is 24.0 Å². The van der Waals surface area contributed by atoms with Gasteiger partial charge in [0, 0.05) is 12.2 Å². The van der Waals surface area contributed by atoms with E-state index in [-0.39, 0.29) is 5.56 Å². The summed E-state index contributed by atoms with van der Waals surface area (Å²) < 4.78 is 38.3. The first-order chi connectivity index (χ1) is 9.00. The van der Waals surface area contributed by atoms with Crippen molar-refractivity contribution in [1.82, 2.24) is 0 Å². The van der Waals surface area contributed by atoms with Gasteiger partial charge >= 0.3 is 6.18 Å². The van der Waals surface area contributed by atoms with Gasteiger partial charge in [0.2, 0.25) is 0 Å². The third-order valence-corrected chi connectivity index (χ3v) is 4.30. The molecular weight excluding hydrogens is 273 g/mol. The van der Waals surface area contributed by atoms with Crippen molar-refractivity contribution >= 4 is 17.4 Å². The minimum absolute atomic E-state index is 0.338. The highest BCUT2D eigenvalue weighted by atomic mass is 32.2. The van der Waals surface area contributed by atoms with E-state index in [0.29, 0.717) is 18.2 Å². The van der Waals surface area contributed by atoms with E-state index in [1.807, 2.05) is 11.8 Å². The molecule has 1 unspecified atom stereocenters. The molecule has 1 saturated heterocycles. The van der Waals surface area contributed by atoms with E-state index in [4.69, 9.17) is 5.26 Å². The fourth-order valence-electron chi connectivity index (χ4n) is 1.99. The fourth-order valence-corrected chi connectivity index (χ4v) is 3.28. The SMILES string of the molecule is N#Cc1ccc(NCC2CCSC2)cc1C(F)(F)F. The van der Waals surface area contributed by atoms with Crippen LogP contribution in [0.3, 0.4) is 0 Å². The van der Waals surface area contributed by atoms with Crippen LogP contribution in [-0.4, -0.2) is 18.1 Å². The molecule has 6 heteroatoms. The maximum atomic E-state index is 12.8. The third kappa shape index (κ3) is 3.57. The fraction of sp³-hybridized carbons (Fsp3) is 0.462. The standard InChI is InChI=1S/C13H13F3N2S/c14-13(15,16)12-5-11(2-1-10(12)6-17)18-7-9-3-4-19-8-9/h1-2,5,9,18H,3-4,7-8H2. The molecule has 0 aliphatic carbocycles. The Morgan fingerprint density at radius 3 is 2.79 bits per heavy atom. The Morgan fingerprint density at radius 1 is 1.42 bits per heavy atom. The second-order valence-corrected chi connectivity index (χ2v) is 5.63. The normalized spacial score (nSPS) is 19.2. The average molecular weight is 286 g/mol. The highest BCUT2D eigenvalue weighted by Gasteiger charge is 2.33. The number of nitriles is 1. The third-order valence-electron chi connectivity index (χ3n) is 3.06. The molecule has 2 rings (SSSR count). The predicted octanol–water partition coefficient (Wildman–Crippen LogP) is 3.74. The summed E-state index contributed by atoms with van der Waals surface area (Å²) in [4.78, 5) is 0. The van der Waals surface area contributed by atoms with E-state index in [1.54, 1.807) is 6.07 Å². The summed E-state index contributed by atoms with van der Waals surface area (Å²) >= 11 is 1.87. The number of anilines is 1. The van der Waals surface area contributed by atoms with E-state index >= 15 is 0 Å². The van der Waals surface area contributed by atoms with Gasteiger partial charge in [-0.25, -0.2) is 0 Å². The largest absolute Gasteiger partial charge is 0.417 e. The highest BCUT2D eigenvalue weighted by Crippen LogP contribution is 2.33. The molecular formula is C13H13F3N2S. The summed E-state index contributed by atoms with van der Waals surface area (Å²) in [5, 5.41) is 11.7.